The van der Waals surface area contributed by atoms with Gasteiger partial charge in [0.15, 0.2) is 0 Å². The average molecular weight is 287 g/mol. The topological polar surface area (TPSA) is 59.2 Å². The summed E-state index contributed by atoms with van der Waals surface area (Å²) in [4.78, 5) is 18.7. The normalized spacial score (nSPS) is 22.4. The van der Waals surface area contributed by atoms with Crippen molar-refractivity contribution in [3.63, 3.8) is 0 Å². The van der Waals surface area contributed by atoms with Gasteiger partial charge in [-0.15, -0.1) is 0 Å². The Kier molecular flexibility index (Phi) is 3.66. The van der Waals surface area contributed by atoms with E-state index in [4.69, 9.17) is 4.52 Å². The summed E-state index contributed by atoms with van der Waals surface area (Å²) in [5, 5.41) is 4.69. The molecule has 1 fully saturated rings. The van der Waals surface area contributed by atoms with Crippen molar-refractivity contribution in [2.24, 2.45) is 5.92 Å². The van der Waals surface area contributed by atoms with Gasteiger partial charge in [-0.2, -0.15) is 0 Å². The minimum Gasteiger partial charge on any atom is -0.339 e. The summed E-state index contributed by atoms with van der Waals surface area (Å²) >= 11 is 0. The van der Waals surface area contributed by atoms with Gasteiger partial charge in [0.25, 0.3) is 11.6 Å². The number of nitrogens with zero attached hydrogens (tertiary/aromatic N) is 3. The molecule has 0 unspecified atom stereocenters. The van der Waals surface area contributed by atoms with E-state index in [1.807, 2.05) is 24.9 Å². The van der Waals surface area contributed by atoms with E-state index in [1.54, 1.807) is 6.20 Å². The minimum atomic E-state index is 0.0316. The molecular weight excluding hydrogens is 266 g/mol. The van der Waals surface area contributed by atoms with Crippen molar-refractivity contribution < 1.29 is 9.32 Å². The van der Waals surface area contributed by atoms with Crippen LogP contribution in [0, 0.1) is 12.8 Å². The Balaban J connectivity index is 1.83. The molecule has 0 spiro atoms. The molecule has 0 aromatic carbocycles. The van der Waals surface area contributed by atoms with E-state index < -0.39 is 0 Å². The van der Waals surface area contributed by atoms with Crippen LogP contribution in [0.2, 0.25) is 0 Å². The van der Waals surface area contributed by atoms with Crippen LogP contribution in [0.1, 0.15) is 48.7 Å². The van der Waals surface area contributed by atoms with Gasteiger partial charge >= 0.3 is 0 Å². The lowest BCUT2D eigenvalue weighted by Crippen LogP contribution is -2.39. The number of carbonyl (C=O) groups excluding carboxylic acids is 1. The zero-order valence-corrected chi connectivity index (χ0v) is 12.8. The van der Waals surface area contributed by atoms with Crippen LogP contribution in [0.4, 0.5) is 0 Å². The van der Waals surface area contributed by atoms with Gasteiger partial charge in [-0.1, -0.05) is 24.9 Å². The third kappa shape index (κ3) is 2.64. The third-order valence-electron chi connectivity index (χ3n) is 4.53. The molecule has 0 bridgehead atoms. The summed E-state index contributed by atoms with van der Waals surface area (Å²) in [7, 11) is 1.90. The second-order valence-corrected chi connectivity index (χ2v) is 6.19. The molecule has 1 amide bonds. The standard InChI is InChI=1S/C16H21N3O2/c1-10-5-4-6-13(7-10)19(3)16(20)12-8-14-11(2)18-21-15(14)17-9-12/h8-10,13H,4-7H2,1-3H3/t10-,13+/m0/s1. The molecule has 5 nitrogen and oxygen atoms in total. The Hall–Kier alpha value is -1.91. The molecule has 2 heterocycles. The first kappa shape index (κ1) is 14.0. The molecule has 2 aromatic rings. The van der Waals surface area contributed by atoms with Crippen LogP contribution in [-0.4, -0.2) is 34.0 Å². The number of hydrogen-bond donors (Lipinski definition) is 0. The molecule has 2 atom stereocenters. The van der Waals surface area contributed by atoms with E-state index in [0.717, 1.165) is 23.9 Å². The monoisotopic (exact) mass is 287 g/mol. The van der Waals surface area contributed by atoms with Gasteiger partial charge in [0.05, 0.1) is 16.6 Å². The quantitative estimate of drug-likeness (QED) is 0.851. The largest absolute Gasteiger partial charge is 0.339 e. The van der Waals surface area contributed by atoms with Crippen molar-refractivity contribution in [1.82, 2.24) is 15.0 Å². The molecule has 0 aliphatic heterocycles. The fraction of sp³-hybridized carbons (Fsp3) is 0.562. The third-order valence-corrected chi connectivity index (χ3v) is 4.53. The van der Waals surface area contributed by atoms with Gasteiger partial charge in [0.2, 0.25) is 0 Å². The zero-order valence-electron chi connectivity index (χ0n) is 12.8. The first-order valence-electron chi connectivity index (χ1n) is 7.55. The lowest BCUT2D eigenvalue weighted by Gasteiger charge is -2.34. The molecule has 0 N–H and O–H groups in total. The lowest BCUT2D eigenvalue weighted by molar-refractivity contribution is 0.0672. The van der Waals surface area contributed by atoms with E-state index in [9.17, 15) is 4.79 Å². The van der Waals surface area contributed by atoms with Crippen molar-refractivity contribution in [2.75, 3.05) is 7.05 Å². The molecule has 1 saturated carbocycles. The SMILES string of the molecule is Cc1noc2ncc(C(=O)N(C)[C@@H]3CCC[C@H](C)C3)cc12. The molecule has 3 rings (SSSR count). The van der Waals surface area contributed by atoms with Crippen LogP contribution >= 0.6 is 0 Å². The highest BCUT2D eigenvalue weighted by molar-refractivity contribution is 5.97. The Bertz CT molecular complexity index is 665. The summed E-state index contributed by atoms with van der Waals surface area (Å²) in [5.74, 6) is 0.726. The first-order chi connectivity index (χ1) is 10.1. The van der Waals surface area contributed by atoms with Crippen LogP contribution in [0.3, 0.4) is 0 Å². The number of fused-ring (bicyclic) bond motifs is 1. The number of carbonyl (C=O) groups is 1. The zero-order chi connectivity index (χ0) is 15.0. The van der Waals surface area contributed by atoms with Crippen molar-refractivity contribution in [2.45, 2.75) is 45.6 Å². The maximum atomic E-state index is 12.7. The van der Waals surface area contributed by atoms with E-state index in [1.165, 1.54) is 12.8 Å². The van der Waals surface area contributed by atoms with Gasteiger partial charge in [0.1, 0.15) is 0 Å². The Morgan fingerprint density at radius 3 is 3.00 bits per heavy atom. The number of rotatable bonds is 2. The van der Waals surface area contributed by atoms with Crippen LogP contribution in [0.5, 0.6) is 0 Å². The number of aromatic nitrogens is 2. The summed E-state index contributed by atoms with van der Waals surface area (Å²) in [6.07, 6.45) is 6.23. The molecule has 0 radical (unpaired) electrons. The maximum Gasteiger partial charge on any atom is 0.257 e. The Morgan fingerprint density at radius 1 is 1.43 bits per heavy atom. The smallest absolute Gasteiger partial charge is 0.257 e. The van der Waals surface area contributed by atoms with Crippen LogP contribution in [0.25, 0.3) is 11.1 Å². The second-order valence-electron chi connectivity index (χ2n) is 6.19. The first-order valence-corrected chi connectivity index (χ1v) is 7.55. The summed E-state index contributed by atoms with van der Waals surface area (Å²) in [6.45, 7) is 4.12. The van der Waals surface area contributed by atoms with Gasteiger partial charge in [-0.3, -0.25) is 4.79 Å². The van der Waals surface area contributed by atoms with E-state index >= 15 is 0 Å². The number of amides is 1. The number of pyridine rings is 1. The summed E-state index contributed by atoms with van der Waals surface area (Å²) < 4.78 is 5.09. The highest BCUT2D eigenvalue weighted by Gasteiger charge is 2.26. The lowest BCUT2D eigenvalue weighted by atomic mass is 9.86. The van der Waals surface area contributed by atoms with E-state index in [0.29, 0.717) is 23.2 Å². The van der Waals surface area contributed by atoms with Crippen molar-refractivity contribution in [3.8, 4) is 0 Å². The number of aryl methyl sites for hydroxylation is 1. The van der Waals surface area contributed by atoms with Crippen molar-refractivity contribution in [1.29, 1.82) is 0 Å². The van der Waals surface area contributed by atoms with Gasteiger partial charge in [0, 0.05) is 19.3 Å². The Labute approximate surface area is 124 Å². The second kappa shape index (κ2) is 5.47. The van der Waals surface area contributed by atoms with Gasteiger partial charge in [-0.25, -0.2) is 4.98 Å². The molecule has 2 aromatic heterocycles. The molecule has 1 aliphatic rings. The fourth-order valence-corrected chi connectivity index (χ4v) is 3.19. The molecule has 5 heteroatoms. The van der Waals surface area contributed by atoms with Crippen molar-refractivity contribution >= 4 is 17.0 Å². The van der Waals surface area contributed by atoms with E-state index in [-0.39, 0.29) is 5.91 Å². The summed E-state index contributed by atoms with van der Waals surface area (Å²) in [5.41, 5.74) is 1.86. The highest BCUT2D eigenvalue weighted by Crippen LogP contribution is 2.27. The molecule has 112 valence electrons. The molecule has 21 heavy (non-hydrogen) atoms. The molecular formula is C16H21N3O2. The van der Waals surface area contributed by atoms with Crippen LogP contribution in [-0.2, 0) is 0 Å². The Morgan fingerprint density at radius 2 is 2.24 bits per heavy atom. The molecule has 1 aliphatic carbocycles. The van der Waals surface area contributed by atoms with Gasteiger partial charge < -0.3 is 9.42 Å². The minimum absolute atomic E-state index is 0.0316. The maximum absolute atomic E-state index is 12.7. The fourth-order valence-electron chi connectivity index (χ4n) is 3.19. The highest BCUT2D eigenvalue weighted by atomic mass is 16.5. The van der Waals surface area contributed by atoms with E-state index in [2.05, 4.69) is 17.1 Å². The predicted molar refractivity (Wildman–Crippen MR) is 80.1 cm³/mol. The van der Waals surface area contributed by atoms with Crippen molar-refractivity contribution in [3.05, 3.63) is 23.5 Å². The average Bonchev–Trinajstić information content (AvgIpc) is 2.87. The van der Waals surface area contributed by atoms with Gasteiger partial charge in [-0.05, 0) is 31.7 Å². The predicted octanol–water partition coefficient (Wildman–Crippen LogP) is 3.18. The summed E-state index contributed by atoms with van der Waals surface area (Å²) in [6, 6.07) is 2.17. The van der Waals surface area contributed by atoms with Crippen LogP contribution in [0.15, 0.2) is 16.8 Å². The van der Waals surface area contributed by atoms with Crippen LogP contribution < -0.4 is 0 Å². The number of hydrogen-bond acceptors (Lipinski definition) is 4. The molecule has 0 saturated heterocycles.